The van der Waals surface area contributed by atoms with Crippen LogP contribution < -0.4 is 5.73 Å². The van der Waals surface area contributed by atoms with E-state index in [0.717, 1.165) is 36.9 Å². The lowest BCUT2D eigenvalue weighted by atomic mass is 9.91. The first-order chi connectivity index (χ1) is 9.15. The van der Waals surface area contributed by atoms with E-state index in [0.29, 0.717) is 0 Å². The van der Waals surface area contributed by atoms with Crippen LogP contribution in [0, 0.1) is 12.8 Å². The Morgan fingerprint density at radius 2 is 2.00 bits per heavy atom. The van der Waals surface area contributed by atoms with Crippen LogP contribution in [0.3, 0.4) is 0 Å². The Morgan fingerprint density at radius 3 is 2.47 bits per heavy atom. The molecule has 0 radical (unpaired) electrons. The van der Waals surface area contributed by atoms with E-state index in [2.05, 4.69) is 24.8 Å². The fraction of sp³-hybridized carbons (Fsp3) is 0.750. The smallest absolute Gasteiger partial charge is 0.122 e. The van der Waals surface area contributed by atoms with Gasteiger partial charge in [0.25, 0.3) is 0 Å². The van der Waals surface area contributed by atoms with Gasteiger partial charge in [0.2, 0.25) is 0 Å². The average molecular weight is 264 g/mol. The van der Waals surface area contributed by atoms with E-state index < -0.39 is 0 Å². The zero-order valence-electron chi connectivity index (χ0n) is 12.6. The van der Waals surface area contributed by atoms with Gasteiger partial charge < -0.3 is 10.2 Å². The number of nitrogens with two attached hydrogens (primary N) is 1. The lowest BCUT2D eigenvalue weighted by Gasteiger charge is -2.38. The molecule has 0 aliphatic carbocycles. The second-order valence-corrected chi connectivity index (χ2v) is 5.85. The van der Waals surface area contributed by atoms with Gasteiger partial charge >= 0.3 is 0 Å². The maximum atomic E-state index is 6.35. The average Bonchev–Trinajstić information content (AvgIpc) is 2.86. The molecule has 3 heteroatoms. The molecule has 1 aliphatic heterocycles. The molecule has 0 spiro atoms. The minimum Gasteiger partial charge on any atom is -0.465 e. The summed E-state index contributed by atoms with van der Waals surface area (Å²) in [6.45, 7) is 8.76. The molecule has 2 unspecified atom stereocenters. The summed E-state index contributed by atoms with van der Waals surface area (Å²) in [6, 6.07) is 4.55. The Hall–Kier alpha value is -0.800. The standard InChI is InChI=1S/C16H28N2O/c1-4-13-8-10-18(11-9-13)16(14(17)5-2)15-7-6-12(3)19-15/h6-7,13-14,16H,4-5,8-11,17H2,1-3H3. The number of hydrogen-bond donors (Lipinski definition) is 1. The number of likely N-dealkylation sites (tertiary alicyclic amines) is 1. The zero-order valence-corrected chi connectivity index (χ0v) is 12.6. The fourth-order valence-corrected chi connectivity index (χ4v) is 3.14. The summed E-state index contributed by atoms with van der Waals surface area (Å²) >= 11 is 0. The normalized spacial score (nSPS) is 21.5. The highest BCUT2D eigenvalue weighted by atomic mass is 16.3. The van der Waals surface area contributed by atoms with E-state index in [1.54, 1.807) is 0 Å². The van der Waals surface area contributed by atoms with Crippen molar-refractivity contribution in [3.63, 3.8) is 0 Å². The van der Waals surface area contributed by atoms with E-state index in [4.69, 9.17) is 10.2 Å². The summed E-state index contributed by atoms with van der Waals surface area (Å²) < 4.78 is 5.85. The van der Waals surface area contributed by atoms with Crippen molar-refractivity contribution in [3.05, 3.63) is 23.7 Å². The van der Waals surface area contributed by atoms with Gasteiger partial charge in [0.05, 0.1) is 6.04 Å². The molecule has 3 nitrogen and oxygen atoms in total. The van der Waals surface area contributed by atoms with Gasteiger partial charge in [0.15, 0.2) is 0 Å². The third-order valence-corrected chi connectivity index (χ3v) is 4.55. The Labute approximate surface area is 117 Å². The van der Waals surface area contributed by atoms with Crippen molar-refractivity contribution in [1.82, 2.24) is 4.90 Å². The van der Waals surface area contributed by atoms with Crippen molar-refractivity contribution in [3.8, 4) is 0 Å². The highest BCUT2D eigenvalue weighted by molar-refractivity contribution is 5.12. The number of nitrogens with zero attached hydrogens (tertiary/aromatic N) is 1. The van der Waals surface area contributed by atoms with Crippen molar-refractivity contribution in [2.24, 2.45) is 11.7 Å². The first-order valence-corrected chi connectivity index (χ1v) is 7.71. The number of hydrogen-bond acceptors (Lipinski definition) is 3. The van der Waals surface area contributed by atoms with Crippen LogP contribution in [0.1, 0.15) is 57.1 Å². The first kappa shape index (κ1) is 14.6. The number of aryl methyl sites for hydroxylation is 1. The second kappa shape index (κ2) is 6.58. The van der Waals surface area contributed by atoms with Crippen LogP contribution in [-0.2, 0) is 0 Å². The molecule has 108 valence electrons. The van der Waals surface area contributed by atoms with Gasteiger partial charge in [-0.15, -0.1) is 0 Å². The highest BCUT2D eigenvalue weighted by Crippen LogP contribution is 2.31. The summed E-state index contributed by atoms with van der Waals surface area (Å²) in [6.07, 6.45) is 4.88. The quantitative estimate of drug-likeness (QED) is 0.885. The summed E-state index contributed by atoms with van der Waals surface area (Å²) in [5, 5.41) is 0. The second-order valence-electron chi connectivity index (χ2n) is 5.85. The maximum Gasteiger partial charge on any atom is 0.122 e. The van der Waals surface area contributed by atoms with Crippen LogP contribution in [0.5, 0.6) is 0 Å². The first-order valence-electron chi connectivity index (χ1n) is 7.71. The number of furan rings is 1. The van der Waals surface area contributed by atoms with Gasteiger partial charge in [-0.25, -0.2) is 0 Å². The molecule has 2 rings (SSSR count). The third-order valence-electron chi connectivity index (χ3n) is 4.55. The van der Waals surface area contributed by atoms with Crippen molar-refractivity contribution in [2.45, 2.75) is 58.5 Å². The largest absolute Gasteiger partial charge is 0.465 e. The van der Waals surface area contributed by atoms with Gasteiger partial charge in [-0.2, -0.15) is 0 Å². The highest BCUT2D eigenvalue weighted by Gasteiger charge is 2.31. The van der Waals surface area contributed by atoms with E-state index in [1.165, 1.54) is 19.3 Å². The molecule has 19 heavy (non-hydrogen) atoms. The molecule has 0 saturated carbocycles. The van der Waals surface area contributed by atoms with Crippen LogP contribution in [0.4, 0.5) is 0 Å². The molecule has 1 aromatic heterocycles. The van der Waals surface area contributed by atoms with Crippen molar-refractivity contribution in [1.29, 1.82) is 0 Å². The van der Waals surface area contributed by atoms with E-state index in [-0.39, 0.29) is 12.1 Å². The summed E-state index contributed by atoms with van der Waals surface area (Å²) in [4.78, 5) is 2.53. The van der Waals surface area contributed by atoms with Crippen LogP contribution in [-0.4, -0.2) is 24.0 Å². The van der Waals surface area contributed by atoms with Gasteiger partial charge in [0.1, 0.15) is 11.5 Å². The molecule has 2 N–H and O–H groups in total. The topological polar surface area (TPSA) is 42.4 Å². The molecule has 1 aromatic rings. The van der Waals surface area contributed by atoms with Crippen LogP contribution in [0.25, 0.3) is 0 Å². The molecule has 0 amide bonds. The molecule has 2 heterocycles. The Bertz CT molecular complexity index is 380. The number of piperidine rings is 1. The van der Waals surface area contributed by atoms with Crippen molar-refractivity contribution < 1.29 is 4.42 Å². The van der Waals surface area contributed by atoms with E-state index in [9.17, 15) is 0 Å². The minimum atomic E-state index is 0.156. The lowest BCUT2D eigenvalue weighted by Crippen LogP contribution is -2.44. The third kappa shape index (κ3) is 3.40. The zero-order chi connectivity index (χ0) is 13.8. The monoisotopic (exact) mass is 264 g/mol. The van der Waals surface area contributed by atoms with Crippen LogP contribution in [0.15, 0.2) is 16.5 Å². The van der Waals surface area contributed by atoms with Crippen molar-refractivity contribution >= 4 is 0 Å². The fourth-order valence-electron chi connectivity index (χ4n) is 3.14. The van der Waals surface area contributed by atoms with Crippen molar-refractivity contribution in [2.75, 3.05) is 13.1 Å². The van der Waals surface area contributed by atoms with Gasteiger partial charge in [-0.1, -0.05) is 20.3 Å². The van der Waals surface area contributed by atoms with E-state index >= 15 is 0 Å². The van der Waals surface area contributed by atoms with Gasteiger partial charge in [0, 0.05) is 6.04 Å². The number of rotatable bonds is 5. The maximum absolute atomic E-state index is 6.35. The van der Waals surface area contributed by atoms with Gasteiger partial charge in [-0.3, -0.25) is 4.90 Å². The molecule has 2 atom stereocenters. The van der Waals surface area contributed by atoms with Gasteiger partial charge in [-0.05, 0) is 57.3 Å². The predicted octanol–water partition coefficient (Wildman–Crippen LogP) is 3.49. The molecular formula is C16H28N2O. The molecular weight excluding hydrogens is 236 g/mol. The lowest BCUT2D eigenvalue weighted by molar-refractivity contribution is 0.0984. The molecule has 0 bridgehead atoms. The van der Waals surface area contributed by atoms with E-state index in [1.807, 2.05) is 13.0 Å². The van der Waals surface area contributed by atoms with Crippen LogP contribution >= 0.6 is 0 Å². The molecule has 1 saturated heterocycles. The SMILES string of the molecule is CCC1CCN(C(c2ccc(C)o2)C(N)CC)CC1. The predicted molar refractivity (Wildman–Crippen MR) is 79.0 cm³/mol. The van der Waals surface area contributed by atoms with Crippen LogP contribution in [0.2, 0.25) is 0 Å². The minimum absolute atomic E-state index is 0.156. The molecule has 1 fully saturated rings. The Morgan fingerprint density at radius 1 is 1.32 bits per heavy atom. The summed E-state index contributed by atoms with van der Waals surface area (Å²) in [5.74, 6) is 2.92. The Kier molecular flexibility index (Phi) is 5.06. The molecule has 1 aliphatic rings. The summed E-state index contributed by atoms with van der Waals surface area (Å²) in [5.41, 5.74) is 6.35. The summed E-state index contributed by atoms with van der Waals surface area (Å²) in [7, 11) is 0. The Balaban J connectivity index is 2.10. The molecule has 0 aromatic carbocycles.